The van der Waals surface area contributed by atoms with Gasteiger partial charge in [0.2, 0.25) is 5.91 Å². The number of amides is 1. The molecule has 2 fully saturated rings. The molecule has 0 aliphatic carbocycles. The van der Waals surface area contributed by atoms with Crippen molar-refractivity contribution in [2.45, 2.75) is 31.2 Å². The third-order valence-corrected chi connectivity index (χ3v) is 6.64. The fourth-order valence-corrected chi connectivity index (χ4v) is 4.71. The molecule has 0 saturated carbocycles. The molecule has 160 valence electrons. The Morgan fingerprint density at radius 2 is 1.67 bits per heavy atom. The van der Waals surface area contributed by atoms with Crippen molar-refractivity contribution in [2.75, 3.05) is 57.0 Å². The van der Waals surface area contributed by atoms with Gasteiger partial charge in [-0.1, -0.05) is 30.3 Å². The van der Waals surface area contributed by atoms with Crippen LogP contribution in [0.15, 0.2) is 54.6 Å². The lowest BCUT2D eigenvalue weighted by Crippen LogP contribution is -2.38. The molecular formula is C25H34N4O. The first-order valence-electron chi connectivity index (χ1n) is 11.2. The highest BCUT2D eigenvalue weighted by atomic mass is 16.2. The van der Waals surface area contributed by atoms with Gasteiger partial charge in [-0.25, -0.2) is 0 Å². The van der Waals surface area contributed by atoms with Crippen LogP contribution in [0.25, 0.3) is 0 Å². The number of nitrogens with one attached hydrogen (secondary N) is 1. The molecule has 5 nitrogen and oxygen atoms in total. The highest BCUT2D eigenvalue weighted by molar-refractivity contribution is 5.92. The largest absolute Gasteiger partial charge is 0.370 e. The summed E-state index contributed by atoms with van der Waals surface area (Å²) in [5.41, 5.74) is 3.54. The maximum Gasteiger partial charge on any atom is 0.238 e. The molecule has 0 bridgehead atoms. The Morgan fingerprint density at radius 1 is 0.967 bits per heavy atom. The van der Waals surface area contributed by atoms with Crippen LogP contribution in [-0.2, 0) is 4.79 Å². The average molecular weight is 407 g/mol. The van der Waals surface area contributed by atoms with Crippen LogP contribution in [-0.4, -0.2) is 68.6 Å². The number of anilines is 2. The monoisotopic (exact) mass is 406 g/mol. The summed E-state index contributed by atoms with van der Waals surface area (Å²) in [5, 5.41) is 3.07. The summed E-state index contributed by atoms with van der Waals surface area (Å²) in [5.74, 6) is 0.700. The molecule has 1 unspecified atom stereocenters. The van der Waals surface area contributed by atoms with E-state index in [0.717, 1.165) is 44.7 Å². The van der Waals surface area contributed by atoms with Gasteiger partial charge in [-0.2, -0.15) is 0 Å². The van der Waals surface area contributed by atoms with E-state index in [1.807, 2.05) is 12.1 Å². The van der Waals surface area contributed by atoms with E-state index < -0.39 is 0 Å². The van der Waals surface area contributed by atoms with E-state index in [0.29, 0.717) is 18.5 Å². The number of piperidine rings is 1. The fourth-order valence-electron chi connectivity index (χ4n) is 4.71. The van der Waals surface area contributed by atoms with Crippen molar-refractivity contribution >= 4 is 17.3 Å². The SMILES string of the molecule is CN(C)C1CCN(c2ccc(NC(=O)CN3CCC(c4ccccc4)CC3)cc2)C1. The van der Waals surface area contributed by atoms with Crippen molar-refractivity contribution in [1.82, 2.24) is 9.80 Å². The number of rotatable bonds is 6. The molecule has 1 N–H and O–H groups in total. The van der Waals surface area contributed by atoms with E-state index in [4.69, 9.17) is 0 Å². The zero-order valence-electron chi connectivity index (χ0n) is 18.3. The summed E-state index contributed by atoms with van der Waals surface area (Å²) >= 11 is 0. The van der Waals surface area contributed by atoms with Crippen molar-refractivity contribution in [3.63, 3.8) is 0 Å². The number of hydrogen-bond donors (Lipinski definition) is 1. The predicted octanol–water partition coefficient (Wildman–Crippen LogP) is 3.65. The Balaban J connectivity index is 1.23. The molecule has 5 heteroatoms. The number of benzene rings is 2. The summed E-state index contributed by atoms with van der Waals surface area (Å²) in [6.45, 7) is 4.59. The summed E-state index contributed by atoms with van der Waals surface area (Å²) in [6, 6.07) is 19.7. The second kappa shape index (κ2) is 9.63. The van der Waals surface area contributed by atoms with Crippen LogP contribution in [0.5, 0.6) is 0 Å². The van der Waals surface area contributed by atoms with Crippen LogP contribution in [0.4, 0.5) is 11.4 Å². The van der Waals surface area contributed by atoms with Crippen molar-refractivity contribution in [3.8, 4) is 0 Å². The first kappa shape index (κ1) is 20.9. The van der Waals surface area contributed by atoms with Gasteiger partial charge >= 0.3 is 0 Å². The van der Waals surface area contributed by atoms with Crippen LogP contribution in [0.3, 0.4) is 0 Å². The minimum atomic E-state index is 0.0785. The van der Waals surface area contributed by atoms with Crippen molar-refractivity contribution in [3.05, 3.63) is 60.2 Å². The minimum Gasteiger partial charge on any atom is -0.370 e. The third-order valence-electron chi connectivity index (χ3n) is 6.64. The van der Waals surface area contributed by atoms with E-state index in [-0.39, 0.29) is 5.91 Å². The first-order chi connectivity index (χ1) is 14.6. The summed E-state index contributed by atoms with van der Waals surface area (Å²) < 4.78 is 0. The lowest BCUT2D eigenvalue weighted by atomic mass is 9.89. The number of likely N-dealkylation sites (N-methyl/N-ethyl adjacent to an activating group) is 1. The van der Waals surface area contributed by atoms with E-state index >= 15 is 0 Å². The quantitative estimate of drug-likeness (QED) is 0.795. The third kappa shape index (κ3) is 5.21. The lowest BCUT2D eigenvalue weighted by molar-refractivity contribution is -0.117. The van der Waals surface area contributed by atoms with Gasteiger partial charge < -0.3 is 15.1 Å². The molecule has 2 heterocycles. The summed E-state index contributed by atoms with van der Waals surface area (Å²) in [4.78, 5) is 19.5. The predicted molar refractivity (Wildman–Crippen MR) is 124 cm³/mol. The molecule has 2 saturated heterocycles. The smallest absolute Gasteiger partial charge is 0.238 e. The molecule has 2 aromatic carbocycles. The zero-order valence-corrected chi connectivity index (χ0v) is 18.3. The second-order valence-corrected chi connectivity index (χ2v) is 8.91. The molecule has 0 spiro atoms. The molecule has 1 amide bonds. The maximum absolute atomic E-state index is 12.5. The first-order valence-corrected chi connectivity index (χ1v) is 11.2. The van der Waals surface area contributed by atoms with E-state index in [9.17, 15) is 4.79 Å². The molecule has 0 radical (unpaired) electrons. The van der Waals surface area contributed by atoms with E-state index in [2.05, 4.69) is 76.6 Å². The standard InChI is InChI=1S/C25H34N4O/c1-27(2)24-14-17-29(18-24)23-10-8-22(9-11-23)26-25(30)19-28-15-12-21(13-16-28)20-6-4-3-5-7-20/h3-11,21,24H,12-19H2,1-2H3,(H,26,30). The number of nitrogens with zero attached hydrogens (tertiary/aromatic N) is 3. The van der Waals surface area contributed by atoms with Crippen molar-refractivity contribution in [2.24, 2.45) is 0 Å². The second-order valence-electron chi connectivity index (χ2n) is 8.91. The van der Waals surface area contributed by atoms with Crippen molar-refractivity contribution < 1.29 is 4.79 Å². The fraction of sp³-hybridized carbons (Fsp3) is 0.480. The Morgan fingerprint density at radius 3 is 2.30 bits per heavy atom. The molecule has 4 rings (SSSR count). The Bertz CT molecular complexity index is 813. The normalized spacial score (nSPS) is 20.6. The summed E-state index contributed by atoms with van der Waals surface area (Å²) in [7, 11) is 4.30. The molecule has 30 heavy (non-hydrogen) atoms. The maximum atomic E-state index is 12.5. The number of carbonyl (C=O) groups is 1. The van der Waals surface area contributed by atoms with Gasteiger partial charge in [-0.3, -0.25) is 9.69 Å². The molecule has 1 atom stereocenters. The van der Waals surface area contributed by atoms with Crippen LogP contribution in [0.1, 0.15) is 30.7 Å². The molecule has 2 aliphatic rings. The van der Waals surface area contributed by atoms with Gasteiger partial charge in [0.15, 0.2) is 0 Å². The highest BCUT2D eigenvalue weighted by Crippen LogP contribution is 2.28. The van der Waals surface area contributed by atoms with Crippen LogP contribution in [0.2, 0.25) is 0 Å². The zero-order chi connectivity index (χ0) is 20.9. The average Bonchev–Trinajstić information content (AvgIpc) is 3.26. The van der Waals surface area contributed by atoms with Gasteiger partial charge in [-0.15, -0.1) is 0 Å². The topological polar surface area (TPSA) is 38.8 Å². The van der Waals surface area contributed by atoms with Crippen LogP contribution < -0.4 is 10.2 Å². The lowest BCUT2D eigenvalue weighted by Gasteiger charge is -2.31. The number of carbonyl (C=O) groups excluding carboxylic acids is 1. The van der Waals surface area contributed by atoms with Gasteiger partial charge in [0, 0.05) is 30.5 Å². The number of hydrogen-bond acceptors (Lipinski definition) is 4. The van der Waals surface area contributed by atoms with Gasteiger partial charge in [0.1, 0.15) is 0 Å². The molecular weight excluding hydrogens is 372 g/mol. The molecule has 2 aromatic rings. The van der Waals surface area contributed by atoms with Crippen LogP contribution >= 0.6 is 0 Å². The number of likely N-dealkylation sites (tertiary alicyclic amines) is 1. The molecule has 2 aliphatic heterocycles. The minimum absolute atomic E-state index is 0.0785. The van der Waals surface area contributed by atoms with Gasteiger partial charge in [0.25, 0.3) is 0 Å². The summed E-state index contributed by atoms with van der Waals surface area (Å²) in [6.07, 6.45) is 3.44. The Labute approximate surface area is 180 Å². The Hall–Kier alpha value is -2.37. The molecule has 0 aromatic heterocycles. The van der Waals surface area contributed by atoms with Crippen LogP contribution in [0, 0.1) is 0 Å². The van der Waals surface area contributed by atoms with Crippen molar-refractivity contribution in [1.29, 1.82) is 0 Å². The van der Waals surface area contributed by atoms with E-state index in [1.165, 1.54) is 17.7 Å². The van der Waals surface area contributed by atoms with E-state index in [1.54, 1.807) is 0 Å². The highest BCUT2D eigenvalue weighted by Gasteiger charge is 2.24. The van der Waals surface area contributed by atoms with Gasteiger partial charge in [0.05, 0.1) is 6.54 Å². The van der Waals surface area contributed by atoms with Gasteiger partial charge in [-0.05, 0) is 82.2 Å². The Kier molecular flexibility index (Phi) is 6.70.